The maximum absolute atomic E-state index is 14.0. The quantitative estimate of drug-likeness (QED) is 0.784. The Balaban J connectivity index is 2.31. The van der Waals surface area contributed by atoms with Gasteiger partial charge in [0, 0.05) is 19.2 Å². The zero-order valence-electron chi connectivity index (χ0n) is 12.0. The van der Waals surface area contributed by atoms with Crippen molar-refractivity contribution in [3.8, 4) is 0 Å². The number of hydrogen-bond donors (Lipinski definition) is 0. The minimum Gasteiger partial charge on any atom is -0.367 e. The van der Waals surface area contributed by atoms with Gasteiger partial charge in [-0.1, -0.05) is 35.9 Å². The Morgan fingerprint density at radius 1 is 1.15 bits per heavy atom. The van der Waals surface area contributed by atoms with Crippen LogP contribution in [-0.4, -0.2) is 12.8 Å². The van der Waals surface area contributed by atoms with E-state index in [2.05, 4.69) is 0 Å². The molecule has 0 aliphatic rings. The first kappa shape index (κ1) is 14.3. The molecule has 2 nitrogen and oxygen atoms in total. The van der Waals surface area contributed by atoms with Gasteiger partial charge < -0.3 is 4.90 Å². The van der Waals surface area contributed by atoms with Crippen molar-refractivity contribution < 1.29 is 9.18 Å². The summed E-state index contributed by atoms with van der Waals surface area (Å²) in [5.41, 5.74) is 3.04. The Kier molecular flexibility index (Phi) is 4.18. The fourth-order valence-corrected chi connectivity index (χ4v) is 2.23. The van der Waals surface area contributed by atoms with E-state index in [1.165, 1.54) is 18.6 Å². The molecule has 0 fully saturated rings. The van der Waals surface area contributed by atoms with Gasteiger partial charge in [-0.15, -0.1) is 0 Å². The van der Waals surface area contributed by atoms with E-state index >= 15 is 0 Å². The zero-order chi connectivity index (χ0) is 14.7. The summed E-state index contributed by atoms with van der Waals surface area (Å²) in [6, 6.07) is 12.7. The number of para-hydroxylation sites is 1. The van der Waals surface area contributed by atoms with E-state index in [4.69, 9.17) is 0 Å². The van der Waals surface area contributed by atoms with E-state index in [0.29, 0.717) is 17.8 Å². The first-order valence-corrected chi connectivity index (χ1v) is 6.55. The van der Waals surface area contributed by atoms with Gasteiger partial charge >= 0.3 is 0 Å². The molecule has 0 aliphatic heterocycles. The molecular weight excluding hydrogens is 253 g/mol. The number of rotatable bonds is 4. The van der Waals surface area contributed by atoms with Crippen molar-refractivity contribution in [3.05, 3.63) is 65.0 Å². The van der Waals surface area contributed by atoms with Gasteiger partial charge in [0.15, 0.2) is 5.78 Å². The molecule has 104 valence electrons. The van der Waals surface area contributed by atoms with Gasteiger partial charge in [0.1, 0.15) is 5.82 Å². The lowest BCUT2D eigenvalue weighted by Crippen LogP contribution is -2.20. The average Bonchev–Trinajstić information content (AvgIpc) is 2.40. The van der Waals surface area contributed by atoms with Crippen LogP contribution in [0.25, 0.3) is 0 Å². The highest BCUT2D eigenvalue weighted by molar-refractivity contribution is 5.99. The molecule has 0 aliphatic carbocycles. The highest BCUT2D eigenvalue weighted by Gasteiger charge is 2.15. The lowest BCUT2D eigenvalue weighted by Gasteiger charge is -2.22. The molecule has 3 heteroatoms. The minimum absolute atomic E-state index is 0.129. The Hall–Kier alpha value is -2.16. The largest absolute Gasteiger partial charge is 0.367 e. The second-order valence-electron chi connectivity index (χ2n) is 5.03. The Bertz CT molecular complexity index is 619. The van der Waals surface area contributed by atoms with Crippen LogP contribution in [0.15, 0.2) is 42.5 Å². The number of halogens is 1. The van der Waals surface area contributed by atoms with E-state index in [1.807, 2.05) is 31.2 Å². The molecule has 0 N–H and O–H groups in total. The number of benzene rings is 2. The third kappa shape index (κ3) is 3.05. The monoisotopic (exact) mass is 271 g/mol. The van der Waals surface area contributed by atoms with Crippen LogP contribution in [-0.2, 0) is 6.54 Å². The van der Waals surface area contributed by atoms with Crippen molar-refractivity contribution in [2.45, 2.75) is 20.4 Å². The van der Waals surface area contributed by atoms with E-state index in [9.17, 15) is 9.18 Å². The van der Waals surface area contributed by atoms with Crippen molar-refractivity contribution in [3.63, 3.8) is 0 Å². The summed E-state index contributed by atoms with van der Waals surface area (Å²) in [6.07, 6.45) is 0. The fourth-order valence-electron chi connectivity index (χ4n) is 2.23. The maximum atomic E-state index is 14.0. The van der Waals surface area contributed by atoms with Crippen LogP contribution in [0.2, 0.25) is 0 Å². The molecule has 0 saturated carbocycles. The number of carbonyl (C=O) groups excluding carboxylic acids is 1. The molecule has 2 aromatic rings. The molecule has 2 aromatic carbocycles. The number of aryl methyl sites for hydroxylation is 1. The topological polar surface area (TPSA) is 20.3 Å². The van der Waals surface area contributed by atoms with Crippen molar-refractivity contribution in [1.29, 1.82) is 0 Å². The number of hydrogen-bond acceptors (Lipinski definition) is 2. The summed E-state index contributed by atoms with van der Waals surface area (Å²) >= 11 is 0. The summed E-state index contributed by atoms with van der Waals surface area (Å²) < 4.78 is 14.0. The molecule has 0 radical (unpaired) electrons. The van der Waals surface area contributed by atoms with Gasteiger partial charge in [-0.05, 0) is 31.5 Å². The standard InChI is InChI=1S/C17H18FNO/c1-12-7-9-14(10-8-12)11-19(3)17-15(13(2)20)5-4-6-16(17)18/h4-10H,11H2,1-3H3. The molecule has 0 bridgehead atoms. The molecule has 0 heterocycles. The molecule has 0 saturated heterocycles. The maximum Gasteiger partial charge on any atom is 0.161 e. The molecule has 0 aromatic heterocycles. The third-order valence-corrected chi connectivity index (χ3v) is 3.29. The fraction of sp³-hybridized carbons (Fsp3) is 0.235. The Morgan fingerprint density at radius 3 is 2.40 bits per heavy atom. The molecule has 0 spiro atoms. The first-order valence-electron chi connectivity index (χ1n) is 6.55. The second-order valence-corrected chi connectivity index (χ2v) is 5.03. The van der Waals surface area contributed by atoms with Crippen molar-refractivity contribution in [2.75, 3.05) is 11.9 Å². The first-order chi connectivity index (χ1) is 9.49. The van der Waals surface area contributed by atoms with Crippen LogP contribution in [0.4, 0.5) is 10.1 Å². The molecule has 0 atom stereocenters. The predicted octanol–water partition coefficient (Wildman–Crippen LogP) is 3.97. The third-order valence-electron chi connectivity index (χ3n) is 3.29. The van der Waals surface area contributed by atoms with Gasteiger partial charge in [-0.25, -0.2) is 4.39 Å². The lowest BCUT2D eigenvalue weighted by atomic mass is 10.1. The van der Waals surface area contributed by atoms with Gasteiger partial charge in [-0.3, -0.25) is 4.79 Å². The smallest absolute Gasteiger partial charge is 0.161 e. The normalized spacial score (nSPS) is 10.4. The summed E-state index contributed by atoms with van der Waals surface area (Å²) in [6.45, 7) is 4.04. The van der Waals surface area contributed by atoms with Crippen molar-refractivity contribution >= 4 is 11.5 Å². The lowest BCUT2D eigenvalue weighted by molar-refractivity contribution is 0.101. The highest BCUT2D eigenvalue weighted by Crippen LogP contribution is 2.25. The number of carbonyl (C=O) groups is 1. The van der Waals surface area contributed by atoms with Crippen LogP contribution in [0, 0.1) is 12.7 Å². The number of Topliss-reactive ketones (excluding diaryl/α,β-unsaturated/α-hetero) is 1. The molecule has 0 unspecified atom stereocenters. The average molecular weight is 271 g/mol. The Morgan fingerprint density at radius 2 is 1.80 bits per heavy atom. The van der Waals surface area contributed by atoms with Crippen LogP contribution in [0.1, 0.15) is 28.4 Å². The van der Waals surface area contributed by atoms with Crippen LogP contribution >= 0.6 is 0 Å². The molecule has 0 amide bonds. The summed E-state index contributed by atoms with van der Waals surface area (Å²) in [5.74, 6) is -0.498. The van der Waals surface area contributed by atoms with Crippen LogP contribution in [0.5, 0.6) is 0 Å². The van der Waals surface area contributed by atoms with E-state index in [1.54, 1.807) is 24.1 Å². The molecule has 20 heavy (non-hydrogen) atoms. The highest BCUT2D eigenvalue weighted by atomic mass is 19.1. The zero-order valence-corrected chi connectivity index (χ0v) is 12.0. The van der Waals surface area contributed by atoms with Crippen LogP contribution in [0.3, 0.4) is 0 Å². The number of nitrogens with zero attached hydrogens (tertiary/aromatic N) is 1. The number of ketones is 1. The van der Waals surface area contributed by atoms with Gasteiger partial charge in [-0.2, -0.15) is 0 Å². The van der Waals surface area contributed by atoms with E-state index in [0.717, 1.165) is 5.56 Å². The predicted molar refractivity (Wildman–Crippen MR) is 79.7 cm³/mol. The van der Waals surface area contributed by atoms with Crippen LogP contribution < -0.4 is 4.90 Å². The summed E-state index contributed by atoms with van der Waals surface area (Å²) in [4.78, 5) is 13.4. The van der Waals surface area contributed by atoms with Gasteiger partial charge in [0.05, 0.1) is 5.69 Å². The molecule has 2 rings (SSSR count). The summed E-state index contributed by atoms with van der Waals surface area (Å²) in [5, 5.41) is 0. The summed E-state index contributed by atoms with van der Waals surface area (Å²) in [7, 11) is 1.80. The Labute approximate surface area is 118 Å². The minimum atomic E-state index is -0.368. The van der Waals surface area contributed by atoms with Gasteiger partial charge in [0.2, 0.25) is 0 Å². The second kappa shape index (κ2) is 5.87. The SMILES string of the molecule is CC(=O)c1cccc(F)c1N(C)Cc1ccc(C)cc1. The van der Waals surface area contributed by atoms with Gasteiger partial charge in [0.25, 0.3) is 0 Å². The van der Waals surface area contributed by atoms with Crippen molar-refractivity contribution in [2.24, 2.45) is 0 Å². The molecular formula is C17H18FNO. The number of anilines is 1. The van der Waals surface area contributed by atoms with E-state index in [-0.39, 0.29) is 11.6 Å². The van der Waals surface area contributed by atoms with E-state index < -0.39 is 0 Å². The van der Waals surface area contributed by atoms with Crippen molar-refractivity contribution in [1.82, 2.24) is 0 Å².